The summed E-state index contributed by atoms with van der Waals surface area (Å²) in [6.45, 7) is 4.54. The van der Waals surface area contributed by atoms with Crippen molar-refractivity contribution in [2.24, 2.45) is 5.92 Å². The maximum Gasteiger partial charge on any atom is 0.0794 e. The zero-order valence-electron chi connectivity index (χ0n) is 9.54. The molecule has 2 nitrogen and oxygen atoms in total. The molecule has 2 atom stereocenters. The average molecular weight is 237 g/mol. The lowest BCUT2D eigenvalue weighted by Crippen LogP contribution is -2.51. The second kappa shape index (κ2) is 3.85. The monoisotopic (exact) mass is 236 g/mol. The van der Waals surface area contributed by atoms with E-state index < -0.39 is 0 Å². The summed E-state index contributed by atoms with van der Waals surface area (Å²) >= 11 is 6.33. The van der Waals surface area contributed by atoms with Crippen molar-refractivity contribution in [3.05, 3.63) is 23.2 Å². The molecule has 0 aromatic heterocycles. The molecule has 2 aliphatic heterocycles. The predicted molar refractivity (Wildman–Crippen MR) is 69.5 cm³/mol. The van der Waals surface area contributed by atoms with Crippen LogP contribution in [0.3, 0.4) is 0 Å². The van der Waals surface area contributed by atoms with Gasteiger partial charge in [-0.15, -0.1) is 0 Å². The van der Waals surface area contributed by atoms with Crippen molar-refractivity contribution in [3.63, 3.8) is 0 Å². The van der Waals surface area contributed by atoms with Gasteiger partial charge in [0.15, 0.2) is 0 Å². The van der Waals surface area contributed by atoms with Crippen LogP contribution in [0.15, 0.2) is 18.2 Å². The van der Waals surface area contributed by atoms with E-state index in [1.54, 1.807) is 0 Å². The van der Waals surface area contributed by atoms with E-state index in [9.17, 15) is 0 Å². The van der Waals surface area contributed by atoms with Crippen molar-refractivity contribution < 1.29 is 0 Å². The number of hydrogen-bond acceptors (Lipinski definition) is 2. The Morgan fingerprint density at radius 1 is 1.44 bits per heavy atom. The molecule has 0 amide bonds. The van der Waals surface area contributed by atoms with Crippen LogP contribution in [0, 0.1) is 5.92 Å². The van der Waals surface area contributed by atoms with Gasteiger partial charge in [0.05, 0.1) is 16.4 Å². The van der Waals surface area contributed by atoms with E-state index in [0.29, 0.717) is 6.04 Å². The van der Waals surface area contributed by atoms with Gasteiger partial charge < -0.3 is 10.2 Å². The topological polar surface area (TPSA) is 15.3 Å². The second-order valence-corrected chi connectivity index (χ2v) is 5.30. The Morgan fingerprint density at radius 2 is 2.31 bits per heavy atom. The summed E-state index contributed by atoms with van der Waals surface area (Å²) in [7, 11) is 0. The van der Waals surface area contributed by atoms with E-state index in [0.717, 1.165) is 24.0 Å². The Labute approximate surface area is 102 Å². The molecule has 1 aromatic carbocycles. The van der Waals surface area contributed by atoms with Crippen LogP contribution in [0.5, 0.6) is 0 Å². The molecule has 1 aromatic rings. The Morgan fingerprint density at radius 3 is 3.19 bits per heavy atom. The van der Waals surface area contributed by atoms with Crippen LogP contribution in [0.2, 0.25) is 5.02 Å². The largest absolute Gasteiger partial charge is 0.381 e. The molecule has 2 unspecified atom stereocenters. The molecule has 16 heavy (non-hydrogen) atoms. The molecule has 1 saturated heterocycles. The molecule has 1 N–H and O–H groups in total. The molecule has 3 heteroatoms. The molecule has 2 heterocycles. The highest BCUT2D eigenvalue weighted by atomic mass is 35.5. The molecular weight excluding hydrogens is 220 g/mol. The molecule has 0 radical (unpaired) electrons. The number of para-hydroxylation sites is 1. The third kappa shape index (κ3) is 1.47. The van der Waals surface area contributed by atoms with Crippen molar-refractivity contribution in [3.8, 4) is 0 Å². The Bertz CT molecular complexity index is 405. The molecule has 0 aliphatic carbocycles. The first kappa shape index (κ1) is 10.3. The first-order valence-corrected chi connectivity index (χ1v) is 6.44. The molecule has 0 saturated carbocycles. The first-order chi connectivity index (χ1) is 7.77. The molecule has 86 valence electrons. The van der Waals surface area contributed by atoms with Gasteiger partial charge in [0.1, 0.15) is 0 Å². The number of benzene rings is 1. The highest BCUT2D eigenvalue weighted by Crippen LogP contribution is 2.41. The van der Waals surface area contributed by atoms with Crippen LogP contribution >= 0.6 is 11.6 Å². The van der Waals surface area contributed by atoms with Crippen LogP contribution < -0.4 is 10.2 Å². The zero-order valence-corrected chi connectivity index (χ0v) is 10.3. The normalized spacial score (nSPS) is 28.0. The van der Waals surface area contributed by atoms with Crippen LogP contribution in [-0.2, 0) is 0 Å². The summed E-state index contributed by atoms with van der Waals surface area (Å²) in [5.74, 6) is 0.755. The molecule has 1 fully saturated rings. The highest BCUT2D eigenvalue weighted by Gasteiger charge is 2.33. The van der Waals surface area contributed by atoms with Crippen molar-refractivity contribution in [2.75, 3.05) is 23.3 Å². The van der Waals surface area contributed by atoms with Crippen LogP contribution in [-0.4, -0.2) is 19.1 Å². The number of fused-ring (bicyclic) bond motifs is 3. The zero-order chi connectivity index (χ0) is 11.1. The van der Waals surface area contributed by atoms with Gasteiger partial charge in [0.2, 0.25) is 0 Å². The van der Waals surface area contributed by atoms with E-state index in [1.807, 2.05) is 12.1 Å². The molecule has 0 spiro atoms. The number of nitrogens with zero attached hydrogens (tertiary/aromatic N) is 1. The lowest BCUT2D eigenvalue weighted by atomic mass is 9.88. The van der Waals surface area contributed by atoms with Crippen LogP contribution in [0.4, 0.5) is 11.4 Å². The Kier molecular flexibility index (Phi) is 2.47. The standard InChI is InChI=1S/C13H17ClN2/c1-9-4-3-7-16-12(9)8-15-11-6-2-5-10(14)13(11)16/h2,5-6,9,12,15H,3-4,7-8H2,1H3. The molecule has 3 rings (SSSR count). The van der Waals surface area contributed by atoms with E-state index in [4.69, 9.17) is 11.6 Å². The fraction of sp³-hybridized carbons (Fsp3) is 0.538. The van der Waals surface area contributed by atoms with Gasteiger partial charge in [-0.25, -0.2) is 0 Å². The Balaban J connectivity index is 2.04. The van der Waals surface area contributed by atoms with Gasteiger partial charge in [-0.05, 0) is 30.9 Å². The maximum absolute atomic E-state index is 6.33. The first-order valence-electron chi connectivity index (χ1n) is 6.06. The molecule has 2 aliphatic rings. The quantitative estimate of drug-likeness (QED) is 0.743. The third-order valence-electron chi connectivity index (χ3n) is 3.89. The summed E-state index contributed by atoms with van der Waals surface area (Å²) in [6, 6.07) is 6.74. The summed E-state index contributed by atoms with van der Waals surface area (Å²) in [5.41, 5.74) is 2.41. The summed E-state index contributed by atoms with van der Waals surface area (Å²) < 4.78 is 0. The van der Waals surface area contributed by atoms with Crippen LogP contribution in [0.1, 0.15) is 19.8 Å². The average Bonchev–Trinajstić information content (AvgIpc) is 2.29. The minimum Gasteiger partial charge on any atom is -0.381 e. The Hall–Kier alpha value is -0.890. The van der Waals surface area contributed by atoms with Gasteiger partial charge in [-0.3, -0.25) is 0 Å². The number of halogens is 1. The SMILES string of the molecule is CC1CCCN2c3c(Cl)cccc3NCC12. The van der Waals surface area contributed by atoms with Crippen molar-refractivity contribution in [2.45, 2.75) is 25.8 Å². The minimum absolute atomic E-state index is 0.612. The van der Waals surface area contributed by atoms with Gasteiger partial charge in [-0.2, -0.15) is 0 Å². The smallest absolute Gasteiger partial charge is 0.0794 e. The second-order valence-electron chi connectivity index (χ2n) is 4.90. The van der Waals surface area contributed by atoms with E-state index in [-0.39, 0.29) is 0 Å². The third-order valence-corrected chi connectivity index (χ3v) is 4.20. The minimum atomic E-state index is 0.612. The highest BCUT2D eigenvalue weighted by molar-refractivity contribution is 6.34. The number of nitrogens with one attached hydrogen (secondary N) is 1. The van der Waals surface area contributed by atoms with E-state index in [2.05, 4.69) is 23.2 Å². The summed E-state index contributed by atoms with van der Waals surface area (Å²) in [6.07, 6.45) is 2.62. The van der Waals surface area contributed by atoms with E-state index >= 15 is 0 Å². The number of hydrogen-bond donors (Lipinski definition) is 1. The molecule has 0 bridgehead atoms. The maximum atomic E-state index is 6.33. The van der Waals surface area contributed by atoms with Crippen molar-refractivity contribution in [1.82, 2.24) is 0 Å². The fourth-order valence-corrected chi connectivity index (χ4v) is 3.29. The summed E-state index contributed by atoms with van der Waals surface area (Å²) in [5, 5.41) is 4.39. The fourth-order valence-electron chi connectivity index (χ4n) is 3.00. The summed E-state index contributed by atoms with van der Waals surface area (Å²) in [4.78, 5) is 2.50. The number of anilines is 2. The van der Waals surface area contributed by atoms with Gasteiger partial charge in [0, 0.05) is 19.1 Å². The van der Waals surface area contributed by atoms with Gasteiger partial charge in [0.25, 0.3) is 0 Å². The lowest BCUT2D eigenvalue weighted by molar-refractivity contribution is 0.351. The van der Waals surface area contributed by atoms with Crippen molar-refractivity contribution in [1.29, 1.82) is 0 Å². The van der Waals surface area contributed by atoms with Crippen LogP contribution in [0.25, 0.3) is 0 Å². The van der Waals surface area contributed by atoms with Crippen molar-refractivity contribution >= 4 is 23.0 Å². The molecular formula is C13H17ClN2. The van der Waals surface area contributed by atoms with Gasteiger partial charge in [-0.1, -0.05) is 24.6 Å². The van der Waals surface area contributed by atoms with E-state index in [1.165, 1.54) is 24.2 Å². The predicted octanol–water partition coefficient (Wildman–Crippen LogP) is 3.37. The van der Waals surface area contributed by atoms with Gasteiger partial charge >= 0.3 is 0 Å². The number of piperidine rings is 1. The lowest BCUT2D eigenvalue weighted by Gasteiger charge is -2.46. The number of rotatable bonds is 0.